The van der Waals surface area contributed by atoms with Crippen molar-refractivity contribution in [3.05, 3.63) is 10.6 Å². The van der Waals surface area contributed by atoms with Crippen LogP contribution in [0, 0.1) is 0 Å². The number of alkyl halides is 1. The van der Waals surface area contributed by atoms with Gasteiger partial charge in [-0.2, -0.15) is 0 Å². The van der Waals surface area contributed by atoms with E-state index in [1.54, 1.807) is 6.08 Å². The quantitative estimate of drug-likeness (QED) is 0.559. The van der Waals surface area contributed by atoms with Crippen molar-refractivity contribution >= 4 is 39.7 Å². The number of aliphatic carboxylic acids is 1. The lowest BCUT2D eigenvalue weighted by molar-refractivity contribution is -0.139. The summed E-state index contributed by atoms with van der Waals surface area (Å²) in [7, 11) is 0. The normalized spacial score (nSPS) is 29.8. The van der Waals surface area contributed by atoms with Crippen molar-refractivity contribution in [2.24, 2.45) is 4.99 Å². The molecule has 0 saturated carbocycles. The van der Waals surface area contributed by atoms with E-state index in [2.05, 4.69) is 20.9 Å². The second kappa shape index (κ2) is 2.95. The summed E-state index contributed by atoms with van der Waals surface area (Å²) in [4.78, 5) is 12.7. The van der Waals surface area contributed by atoms with Crippen LogP contribution < -0.4 is 0 Å². The van der Waals surface area contributed by atoms with Crippen LogP contribution in [0.15, 0.2) is 15.6 Å². The third kappa shape index (κ3) is 1.81. The molecule has 0 aliphatic carbocycles. The van der Waals surface area contributed by atoms with Gasteiger partial charge in [-0.25, -0.2) is 4.79 Å². The second-order valence-electron chi connectivity index (χ2n) is 2.12. The first-order valence-corrected chi connectivity index (χ1v) is 4.05. The van der Waals surface area contributed by atoms with E-state index in [4.69, 9.17) is 16.7 Å². The Morgan fingerprint density at radius 2 is 2.55 bits per heavy atom. The highest BCUT2D eigenvalue weighted by molar-refractivity contribution is 9.12. The first kappa shape index (κ1) is 8.74. The number of allylic oxidation sites excluding steroid dienone is 1. The molecule has 0 aromatic rings. The van der Waals surface area contributed by atoms with Crippen molar-refractivity contribution in [3.63, 3.8) is 0 Å². The maximum Gasteiger partial charge on any atom is 0.347 e. The minimum absolute atomic E-state index is 0.209. The molecule has 0 radical (unpaired) electrons. The molecule has 0 saturated heterocycles. The van der Waals surface area contributed by atoms with Gasteiger partial charge in [-0.3, -0.25) is 4.99 Å². The number of carboxylic acids is 1. The highest BCUT2D eigenvalue weighted by Crippen LogP contribution is 2.27. The standard InChI is InChI=1S/C6H5BrClNO2/c7-4-1-2-6(8,5(10)11)9-3-4/h1,3H,2H2,(H,10,11). The third-order valence-electron chi connectivity index (χ3n) is 1.29. The monoisotopic (exact) mass is 237 g/mol. The molecule has 0 spiro atoms. The summed E-state index contributed by atoms with van der Waals surface area (Å²) in [6.45, 7) is 0. The van der Waals surface area contributed by atoms with Gasteiger partial charge < -0.3 is 5.11 Å². The Morgan fingerprint density at radius 1 is 1.91 bits per heavy atom. The topological polar surface area (TPSA) is 49.7 Å². The van der Waals surface area contributed by atoms with E-state index < -0.39 is 11.0 Å². The molecule has 0 amide bonds. The summed E-state index contributed by atoms with van der Waals surface area (Å²) in [5.74, 6) is -1.12. The van der Waals surface area contributed by atoms with Crippen LogP contribution in [0.2, 0.25) is 0 Å². The van der Waals surface area contributed by atoms with Crippen molar-refractivity contribution in [3.8, 4) is 0 Å². The van der Waals surface area contributed by atoms with Crippen molar-refractivity contribution in [1.82, 2.24) is 0 Å². The minimum Gasteiger partial charge on any atom is -0.479 e. The Balaban J connectivity index is 2.82. The van der Waals surface area contributed by atoms with E-state index in [1.807, 2.05) is 0 Å². The Bertz CT molecular complexity index is 251. The molecule has 1 aliphatic heterocycles. The first-order valence-electron chi connectivity index (χ1n) is 2.88. The lowest BCUT2D eigenvalue weighted by Gasteiger charge is -2.17. The molecule has 1 unspecified atom stereocenters. The molecule has 3 nitrogen and oxygen atoms in total. The number of rotatable bonds is 1. The number of carbonyl (C=O) groups is 1. The Kier molecular flexibility index (Phi) is 2.34. The maximum absolute atomic E-state index is 10.5. The SMILES string of the molecule is O=C(O)C1(Cl)CC=C(Br)C=N1. The van der Waals surface area contributed by atoms with Crippen LogP contribution in [-0.4, -0.2) is 22.3 Å². The average molecular weight is 238 g/mol. The summed E-state index contributed by atoms with van der Waals surface area (Å²) in [5, 5.41) is 8.59. The van der Waals surface area contributed by atoms with Crippen LogP contribution in [0.1, 0.15) is 6.42 Å². The van der Waals surface area contributed by atoms with E-state index in [0.717, 1.165) is 4.48 Å². The summed E-state index contributed by atoms with van der Waals surface area (Å²) >= 11 is 8.76. The zero-order valence-corrected chi connectivity index (χ0v) is 7.76. The number of carboxylic acid groups (broad SMARTS) is 1. The fraction of sp³-hybridized carbons (Fsp3) is 0.333. The number of nitrogens with zero attached hydrogens (tertiary/aromatic N) is 1. The van der Waals surface area contributed by atoms with Crippen LogP contribution in [-0.2, 0) is 4.79 Å². The molecule has 1 N–H and O–H groups in total. The van der Waals surface area contributed by atoms with Crippen LogP contribution in [0.25, 0.3) is 0 Å². The largest absolute Gasteiger partial charge is 0.479 e. The number of hydrogen-bond donors (Lipinski definition) is 1. The van der Waals surface area contributed by atoms with Crippen molar-refractivity contribution in [2.45, 2.75) is 11.4 Å². The highest BCUT2D eigenvalue weighted by atomic mass is 79.9. The van der Waals surface area contributed by atoms with Crippen LogP contribution in [0.4, 0.5) is 0 Å². The molecule has 1 atom stereocenters. The van der Waals surface area contributed by atoms with Gasteiger partial charge in [0, 0.05) is 17.1 Å². The second-order valence-corrected chi connectivity index (χ2v) is 3.66. The van der Waals surface area contributed by atoms with Gasteiger partial charge in [0.05, 0.1) is 0 Å². The Morgan fingerprint density at radius 3 is 2.91 bits per heavy atom. The summed E-state index contributed by atoms with van der Waals surface area (Å²) < 4.78 is 0.759. The van der Waals surface area contributed by atoms with E-state index in [9.17, 15) is 4.79 Å². The average Bonchev–Trinajstić information content (AvgIpc) is 1.95. The Labute approximate surface area is 76.9 Å². The van der Waals surface area contributed by atoms with E-state index in [1.165, 1.54) is 6.21 Å². The zero-order chi connectivity index (χ0) is 8.48. The van der Waals surface area contributed by atoms with Gasteiger partial charge in [0.25, 0.3) is 0 Å². The van der Waals surface area contributed by atoms with Crippen LogP contribution >= 0.6 is 27.5 Å². The molecule has 0 bridgehead atoms. The van der Waals surface area contributed by atoms with E-state index in [-0.39, 0.29) is 6.42 Å². The first-order chi connectivity index (χ1) is 5.04. The molecule has 0 aromatic carbocycles. The van der Waals surface area contributed by atoms with Crippen molar-refractivity contribution in [1.29, 1.82) is 0 Å². The lowest BCUT2D eigenvalue weighted by atomic mass is 10.1. The van der Waals surface area contributed by atoms with Gasteiger partial charge in [0.15, 0.2) is 0 Å². The number of aliphatic imine (C=N–C) groups is 1. The smallest absolute Gasteiger partial charge is 0.347 e. The number of halogens is 2. The fourth-order valence-electron chi connectivity index (χ4n) is 0.645. The molecule has 1 rings (SSSR count). The molecular formula is C6H5BrClNO2. The van der Waals surface area contributed by atoms with Crippen molar-refractivity contribution in [2.75, 3.05) is 0 Å². The van der Waals surface area contributed by atoms with Crippen LogP contribution in [0.3, 0.4) is 0 Å². The van der Waals surface area contributed by atoms with Crippen LogP contribution in [0.5, 0.6) is 0 Å². The van der Waals surface area contributed by atoms with Crippen molar-refractivity contribution < 1.29 is 9.90 Å². The molecular weight excluding hydrogens is 233 g/mol. The molecule has 11 heavy (non-hydrogen) atoms. The van der Waals surface area contributed by atoms with Gasteiger partial charge in [-0.05, 0) is 15.9 Å². The van der Waals surface area contributed by atoms with Gasteiger partial charge in [0.1, 0.15) is 0 Å². The molecule has 60 valence electrons. The predicted molar refractivity (Wildman–Crippen MR) is 46.3 cm³/mol. The fourth-order valence-corrected chi connectivity index (χ4v) is 1.03. The molecule has 5 heteroatoms. The number of hydrogen-bond acceptors (Lipinski definition) is 2. The van der Waals surface area contributed by atoms with E-state index >= 15 is 0 Å². The summed E-state index contributed by atoms with van der Waals surface area (Å²) in [6.07, 6.45) is 3.28. The molecule has 1 aliphatic rings. The van der Waals surface area contributed by atoms with E-state index in [0.29, 0.717) is 0 Å². The number of dihydropyridines is 1. The van der Waals surface area contributed by atoms with Gasteiger partial charge in [-0.1, -0.05) is 17.7 Å². The Hall–Kier alpha value is -0.350. The molecule has 1 heterocycles. The summed E-state index contributed by atoms with van der Waals surface area (Å²) in [6, 6.07) is 0. The highest BCUT2D eigenvalue weighted by Gasteiger charge is 2.35. The van der Waals surface area contributed by atoms with Gasteiger partial charge >= 0.3 is 5.97 Å². The molecule has 0 aromatic heterocycles. The lowest BCUT2D eigenvalue weighted by Crippen LogP contribution is -2.31. The zero-order valence-electron chi connectivity index (χ0n) is 5.42. The summed E-state index contributed by atoms with van der Waals surface area (Å²) in [5.41, 5.74) is 0. The molecule has 0 fully saturated rings. The predicted octanol–water partition coefficient (Wildman–Crippen LogP) is 1.76. The van der Waals surface area contributed by atoms with Gasteiger partial charge in [0.2, 0.25) is 5.00 Å². The maximum atomic E-state index is 10.5. The van der Waals surface area contributed by atoms with Gasteiger partial charge in [-0.15, -0.1) is 0 Å². The third-order valence-corrected chi connectivity index (χ3v) is 2.23. The minimum atomic E-state index is -1.49.